The maximum atomic E-state index is 11.1. The lowest BCUT2D eigenvalue weighted by atomic mass is 10.4. The highest BCUT2D eigenvalue weighted by Gasteiger charge is 2.16. The zero-order valence-electron chi connectivity index (χ0n) is 7.82. The van der Waals surface area contributed by atoms with Gasteiger partial charge in [0.2, 0.25) is 10.0 Å². The van der Waals surface area contributed by atoms with Crippen molar-refractivity contribution in [3.05, 3.63) is 16.1 Å². The molecule has 0 spiro atoms. The molecule has 1 unspecified atom stereocenters. The molecule has 1 heterocycles. The van der Waals surface area contributed by atoms with Gasteiger partial charge in [0.1, 0.15) is 10.2 Å². The van der Waals surface area contributed by atoms with Gasteiger partial charge in [-0.1, -0.05) is 0 Å². The number of rotatable bonds is 4. The molecule has 1 aromatic rings. The van der Waals surface area contributed by atoms with Crippen molar-refractivity contribution in [2.24, 2.45) is 0 Å². The Morgan fingerprint density at radius 1 is 1.71 bits per heavy atom. The van der Waals surface area contributed by atoms with E-state index in [1.165, 1.54) is 11.3 Å². The number of thiazole rings is 1. The Bertz CT molecular complexity index is 402. The van der Waals surface area contributed by atoms with E-state index in [0.717, 1.165) is 10.7 Å². The van der Waals surface area contributed by atoms with Crippen molar-refractivity contribution in [1.29, 1.82) is 0 Å². The maximum absolute atomic E-state index is 11.1. The molecule has 0 bridgehead atoms. The van der Waals surface area contributed by atoms with Crippen molar-refractivity contribution in [3.8, 4) is 0 Å². The number of sulfonamides is 1. The molecule has 14 heavy (non-hydrogen) atoms. The Kier molecular flexibility index (Phi) is 3.88. The quantitative estimate of drug-likeness (QED) is 0.831. The standard InChI is InChI=1S/C7H11ClN2O2S2/c1-5-3-13-7(9-5)6(2)10-14(11,12)4-8/h3,6,10H,4H2,1-2H3. The van der Waals surface area contributed by atoms with Gasteiger partial charge >= 0.3 is 0 Å². The fraction of sp³-hybridized carbons (Fsp3) is 0.571. The second kappa shape index (κ2) is 4.57. The van der Waals surface area contributed by atoms with Crippen molar-refractivity contribution < 1.29 is 8.42 Å². The summed E-state index contributed by atoms with van der Waals surface area (Å²) in [6.45, 7) is 3.60. The lowest BCUT2D eigenvalue weighted by Crippen LogP contribution is -2.27. The van der Waals surface area contributed by atoms with Gasteiger partial charge in [0, 0.05) is 11.1 Å². The molecule has 0 fully saturated rings. The van der Waals surface area contributed by atoms with E-state index in [1.807, 2.05) is 12.3 Å². The lowest BCUT2D eigenvalue weighted by molar-refractivity contribution is 0.571. The van der Waals surface area contributed by atoms with Crippen LogP contribution in [0.3, 0.4) is 0 Å². The summed E-state index contributed by atoms with van der Waals surface area (Å²) < 4.78 is 24.7. The third kappa shape index (κ3) is 3.20. The first-order chi connectivity index (χ1) is 6.44. The molecule has 1 atom stereocenters. The molecule has 80 valence electrons. The minimum absolute atomic E-state index is 0.322. The van der Waals surface area contributed by atoms with Crippen LogP contribution in [-0.4, -0.2) is 18.6 Å². The average Bonchev–Trinajstić information content (AvgIpc) is 2.51. The average molecular weight is 255 g/mol. The Hall–Kier alpha value is -0.170. The molecular weight excluding hydrogens is 244 g/mol. The third-order valence-corrected chi connectivity index (χ3v) is 4.51. The predicted octanol–water partition coefficient (Wildman–Crippen LogP) is 1.63. The third-order valence-electron chi connectivity index (χ3n) is 1.51. The number of hydrogen-bond donors (Lipinski definition) is 1. The molecule has 0 aliphatic rings. The van der Waals surface area contributed by atoms with E-state index in [9.17, 15) is 8.42 Å². The van der Waals surface area contributed by atoms with Crippen molar-refractivity contribution in [2.75, 3.05) is 5.21 Å². The molecule has 1 N–H and O–H groups in total. The summed E-state index contributed by atoms with van der Waals surface area (Å²) in [5, 5.41) is 2.19. The van der Waals surface area contributed by atoms with Gasteiger partial charge in [0.15, 0.2) is 0 Å². The van der Waals surface area contributed by atoms with E-state index < -0.39 is 15.2 Å². The van der Waals surface area contributed by atoms with Gasteiger partial charge in [-0.25, -0.2) is 18.1 Å². The molecule has 1 rings (SSSR count). The first kappa shape index (κ1) is 11.9. The van der Waals surface area contributed by atoms with E-state index in [-0.39, 0.29) is 6.04 Å². The van der Waals surface area contributed by atoms with E-state index >= 15 is 0 Å². The minimum Gasteiger partial charge on any atom is -0.245 e. The van der Waals surface area contributed by atoms with Gasteiger partial charge in [-0.2, -0.15) is 0 Å². The molecule has 1 aromatic heterocycles. The molecule has 0 aromatic carbocycles. The highest BCUT2D eigenvalue weighted by Crippen LogP contribution is 2.18. The zero-order chi connectivity index (χ0) is 10.8. The summed E-state index contributed by atoms with van der Waals surface area (Å²) in [7, 11) is -3.38. The van der Waals surface area contributed by atoms with Crippen LogP contribution in [0.25, 0.3) is 0 Å². The Labute approximate surface area is 92.4 Å². The second-order valence-electron chi connectivity index (χ2n) is 2.89. The predicted molar refractivity (Wildman–Crippen MR) is 58.0 cm³/mol. The van der Waals surface area contributed by atoms with Crippen LogP contribution in [-0.2, 0) is 10.0 Å². The highest BCUT2D eigenvalue weighted by molar-refractivity contribution is 7.90. The first-order valence-electron chi connectivity index (χ1n) is 3.92. The Balaban J connectivity index is 2.73. The van der Waals surface area contributed by atoms with Crippen LogP contribution in [0.4, 0.5) is 0 Å². The zero-order valence-corrected chi connectivity index (χ0v) is 10.2. The van der Waals surface area contributed by atoms with E-state index in [1.54, 1.807) is 6.92 Å². The molecule has 0 saturated heterocycles. The molecule has 7 heteroatoms. The summed E-state index contributed by atoms with van der Waals surface area (Å²) in [4.78, 5) is 4.18. The van der Waals surface area contributed by atoms with E-state index in [0.29, 0.717) is 0 Å². The Morgan fingerprint density at radius 2 is 2.36 bits per heavy atom. The van der Waals surface area contributed by atoms with Crippen molar-refractivity contribution in [3.63, 3.8) is 0 Å². The minimum atomic E-state index is -3.38. The largest absolute Gasteiger partial charge is 0.245 e. The van der Waals surface area contributed by atoms with E-state index in [4.69, 9.17) is 11.6 Å². The summed E-state index contributed by atoms with van der Waals surface area (Å²) >= 11 is 6.69. The van der Waals surface area contributed by atoms with Gasteiger partial charge in [0.25, 0.3) is 0 Å². The van der Waals surface area contributed by atoms with Gasteiger partial charge in [-0.3, -0.25) is 0 Å². The smallest absolute Gasteiger partial charge is 0.226 e. The number of halogens is 1. The summed E-state index contributed by atoms with van der Waals surface area (Å²) in [5.41, 5.74) is 0.891. The number of aryl methyl sites for hydroxylation is 1. The lowest BCUT2D eigenvalue weighted by Gasteiger charge is -2.09. The maximum Gasteiger partial charge on any atom is 0.226 e. The molecule has 0 radical (unpaired) electrons. The molecule has 0 aliphatic carbocycles. The number of aromatic nitrogens is 1. The van der Waals surface area contributed by atoms with Crippen molar-refractivity contribution in [2.45, 2.75) is 19.9 Å². The number of nitrogens with one attached hydrogen (secondary N) is 1. The van der Waals surface area contributed by atoms with Crippen molar-refractivity contribution in [1.82, 2.24) is 9.71 Å². The Morgan fingerprint density at radius 3 is 2.79 bits per heavy atom. The highest BCUT2D eigenvalue weighted by atomic mass is 35.5. The van der Waals surface area contributed by atoms with Crippen LogP contribution in [0.5, 0.6) is 0 Å². The van der Waals surface area contributed by atoms with Gasteiger partial charge < -0.3 is 0 Å². The van der Waals surface area contributed by atoms with Crippen molar-refractivity contribution >= 4 is 33.0 Å². The van der Waals surface area contributed by atoms with Crippen LogP contribution >= 0.6 is 22.9 Å². The molecule has 0 amide bonds. The second-order valence-corrected chi connectivity index (χ2v) is 6.12. The normalized spacial score (nSPS) is 14.2. The molecule has 0 aliphatic heterocycles. The summed E-state index contributed by atoms with van der Waals surface area (Å²) in [6.07, 6.45) is 0. The van der Waals surface area contributed by atoms with Gasteiger partial charge in [-0.05, 0) is 13.8 Å². The van der Waals surface area contributed by atoms with Gasteiger partial charge in [-0.15, -0.1) is 22.9 Å². The SMILES string of the molecule is Cc1csc(C(C)NS(=O)(=O)CCl)n1. The van der Waals surface area contributed by atoms with Gasteiger partial charge in [0.05, 0.1) is 6.04 Å². The first-order valence-corrected chi connectivity index (χ1v) is 6.99. The van der Waals surface area contributed by atoms with E-state index in [2.05, 4.69) is 9.71 Å². The molecule has 4 nitrogen and oxygen atoms in total. The topological polar surface area (TPSA) is 59.1 Å². The fourth-order valence-electron chi connectivity index (χ4n) is 0.922. The molecular formula is C7H11ClN2O2S2. The van der Waals surface area contributed by atoms with Crippen LogP contribution in [0.15, 0.2) is 5.38 Å². The van der Waals surface area contributed by atoms with Crippen LogP contribution in [0.1, 0.15) is 23.7 Å². The number of nitrogens with zero attached hydrogens (tertiary/aromatic N) is 1. The molecule has 0 saturated carbocycles. The van der Waals surface area contributed by atoms with Crippen LogP contribution in [0.2, 0.25) is 0 Å². The summed E-state index contributed by atoms with van der Waals surface area (Å²) in [5.74, 6) is 0. The van der Waals surface area contributed by atoms with Crippen LogP contribution in [0, 0.1) is 6.92 Å². The number of alkyl halides is 1. The number of hydrogen-bond acceptors (Lipinski definition) is 4. The van der Waals surface area contributed by atoms with Crippen LogP contribution < -0.4 is 4.72 Å². The summed E-state index contributed by atoms with van der Waals surface area (Å²) in [6, 6.07) is -0.322. The fourth-order valence-corrected chi connectivity index (χ4v) is 2.70. The monoisotopic (exact) mass is 254 g/mol.